The number of para-hydroxylation sites is 1. The summed E-state index contributed by atoms with van der Waals surface area (Å²) in [7, 11) is 0. The Morgan fingerprint density at radius 1 is 0.242 bits per heavy atom. The van der Waals surface area contributed by atoms with Gasteiger partial charge in [0, 0.05) is 37.1 Å². The van der Waals surface area contributed by atoms with Crippen LogP contribution in [-0.4, -0.2) is 0 Å². The SMILES string of the molecule is c1ccc(-c2ccccc2-c2ccccc2-c2ccccc2N(c2ccc(-c3ccc(-c4cccc5ccccc45)cc3)cc2)c2ccc(-c3ccc4c(c3)sc3ccccc34)cc2)cc1. The van der Waals surface area contributed by atoms with E-state index in [-0.39, 0.29) is 0 Å². The van der Waals surface area contributed by atoms with Crippen LogP contribution in [0, 0.1) is 0 Å². The molecule has 66 heavy (non-hydrogen) atoms. The summed E-state index contributed by atoms with van der Waals surface area (Å²) in [5, 5.41) is 5.16. The lowest BCUT2D eigenvalue weighted by Crippen LogP contribution is -2.11. The molecular weight excluding hydrogens is 815 g/mol. The number of fused-ring (bicyclic) bond motifs is 4. The average Bonchev–Trinajstić information content (AvgIpc) is 3.78. The smallest absolute Gasteiger partial charge is 0.0540 e. The van der Waals surface area contributed by atoms with Crippen molar-refractivity contribution >= 4 is 59.3 Å². The van der Waals surface area contributed by atoms with Gasteiger partial charge in [0.25, 0.3) is 0 Å². The van der Waals surface area contributed by atoms with Crippen LogP contribution in [0.25, 0.3) is 97.7 Å². The van der Waals surface area contributed by atoms with Gasteiger partial charge in [0.15, 0.2) is 0 Å². The number of nitrogens with zero attached hydrogens (tertiary/aromatic N) is 1. The average molecular weight is 858 g/mol. The molecule has 0 aliphatic rings. The predicted octanol–water partition coefficient (Wildman–Crippen LogP) is 18.7. The lowest BCUT2D eigenvalue weighted by Gasteiger charge is -2.29. The van der Waals surface area contributed by atoms with E-state index < -0.39 is 0 Å². The van der Waals surface area contributed by atoms with E-state index in [1.165, 1.54) is 92.1 Å². The number of rotatable bonds is 9. The van der Waals surface area contributed by atoms with Gasteiger partial charge in [-0.15, -0.1) is 11.3 Å². The zero-order chi connectivity index (χ0) is 43.8. The fraction of sp³-hybridized carbons (Fsp3) is 0. The van der Waals surface area contributed by atoms with Crippen molar-refractivity contribution in [2.45, 2.75) is 0 Å². The molecule has 1 nitrogen and oxygen atoms in total. The topological polar surface area (TPSA) is 3.24 Å². The second kappa shape index (κ2) is 17.0. The molecule has 12 aromatic rings. The third kappa shape index (κ3) is 7.24. The second-order valence-electron chi connectivity index (χ2n) is 16.8. The van der Waals surface area contributed by atoms with Crippen LogP contribution < -0.4 is 4.90 Å². The Labute approximate surface area is 389 Å². The van der Waals surface area contributed by atoms with Gasteiger partial charge >= 0.3 is 0 Å². The quantitative estimate of drug-likeness (QED) is 0.140. The van der Waals surface area contributed by atoms with Gasteiger partial charge in [-0.2, -0.15) is 0 Å². The normalized spacial score (nSPS) is 11.3. The van der Waals surface area contributed by atoms with Crippen LogP contribution in [0.2, 0.25) is 0 Å². The van der Waals surface area contributed by atoms with Gasteiger partial charge < -0.3 is 4.90 Å². The van der Waals surface area contributed by atoms with Crippen LogP contribution in [0.15, 0.2) is 261 Å². The van der Waals surface area contributed by atoms with Crippen molar-refractivity contribution in [1.29, 1.82) is 0 Å². The van der Waals surface area contributed by atoms with E-state index in [4.69, 9.17) is 0 Å². The van der Waals surface area contributed by atoms with E-state index in [0.29, 0.717) is 0 Å². The number of hydrogen-bond acceptors (Lipinski definition) is 2. The Morgan fingerprint density at radius 3 is 1.39 bits per heavy atom. The third-order valence-corrected chi connectivity index (χ3v) is 14.1. The van der Waals surface area contributed by atoms with E-state index in [1.807, 2.05) is 11.3 Å². The fourth-order valence-corrected chi connectivity index (χ4v) is 10.8. The molecule has 1 heterocycles. The molecule has 0 N–H and O–H groups in total. The van der Waals surface area contributed by atoms with Crippen molar-refractivity contribution in [3.05, 3.63) is 261 Å². The molecule has 0 fully saturated rings. The van der Waals surface area contributed by atoms with Gasteiger partial charge in [0.1, 0.15) is 0 Å². The van der Waals surface area contributed by atoms with E-state index in [9.17, 15) is 0 Å². The zero-order valence-corrected chi connectivity index (χ0v) is 37.0. The van der Waals surface area contributed by atoms with Crippen LogP contribution >= 0.6 is 11.3 Å². The van der Waals surface area contributed by atoms with Gasteiger partial charge in [-0.25, -0.2) is 0 Å². The molecule has 310 valence electrons. The minimum Gasteiger partial charge on any atom is -0.310 e. The molecule has 0 atom stereocenters. The zero-order valence-electron chi connectivity index (χ0n) is 36.2. The maximum Gasteiger partial charge on any atom is 0.0540 e. The van der Waals surface area contributed by atoms with E-state index in [0.717, 1.165) is 22.6 Å². The van der Waals surface area contributed by atoms with Gasteiger partial charge in [-0.05, 0) is 114 Å². The summed E-state index contributed by atoms with van der Waals surface area (Å²) in [6, 6.07) is 95.1. The van der Waals surface area contributed by atoms with Crippen molar-refractivity contribution < 1.29 is 0 Å². The molecule has 0 bridgehead atoms. The molecule has 0 amide bonds. The summed E-state index contributed by atoms with van der Waals surface area (Å²) in [5.74, 6) is 0. The Bertz CT molecular complexity index is 3670. The monoisotopic (exact) mass is 857 g/mol. The Kier molecular flexibility index (Phi) is 10.1. The molecule has 0 aliphatic heterocycles. The number of anilines is 3. The largest absolute Gasteiger partial charge is 0.310 e. The Hall–Kier alpha value is -8.30. The highest BCUT2D eigenvalue weighted by Gasteiger charge is 2.21. The summed E-state index contributed by atoms with van der Waals surface area (Å²) >= 11 is 1.86. The molecule has 0 saturated heterocycles. The van der Waals surface area contributed by atoms with Crippen molar-refractivity contribution in [1.82, 2.24) is 0 Å². The highest BCUT2D eigenvalue weighted by atomic mass is 32.1. The maximum absolute atomic E-state index is 2.42. The Morgan fingerprint density at radius 2 is 0.682 bits per heavy atom. The van der Waals surface area contributed by atoms with Crippen LogP contribution in [0.5, 0.6) is 0 Å². The van der Waals surface area contributed by atoms with Crippen LogP contribution in [-0.2, 0) is 0 Å². The van der Waals surface area contributed by atoms with E-state index in [1.54, 1.807) is 0 Å². The first kappa shape index (κ1) is 39.3. The van der Waals surface area contributed by atoms with Gasteiger partial charge in [-0.3, -0.25) is 0 Å². The summed E-state index contributed by atoms with van der Waals surface area (Å²) in [5.41, 5.74) is 17.7. The molecule has 12 rings (SSSR count). The van der Waals surface area contributed by atoms with E-state index >= 15 is 0 Å². The summed E-state index contributed by atoms with van der Waals surface area (Å²) in [6.07, 6.45) is 0. The Balaban J connectivity index is 0.954. The predicted molar refractivity (Wildman–Crippen MR) is 284 cm³/mol. The standard InChI is InChI=1S/C64H43NS/c1-2-15-47(16-3-1)55-20-6-7-21-56(55)57-22-8-9-23-58(57)59-24-10-12-27-62(59)65(52-40-35-46(36-41-52)50-37-42-61-60-25-11-13-28-63(60)66-64(61)43-50)51-38-33-45(34-39-51)44-29-31-49(32-30-44)54-26-14-18-48-17-4-5-19-53(48)54/h1-43H. The first-order valence-corrected chi connectivity index (χ1v) is 23.4. The fourth-order valence-electron chi connectivity index (χ4n) is 9.69. The summed E-state index contributed by atoms with van der Waals surface area (Å²) < 4.78 is 2.63. The first-order chi connectivity index (χ1) is 32.7. The van der Waals surface area contributed by atoms with Crippen LogP contribution in [0.3, 0.4) is 0 Å². The van der Waals surface area contributed by atoms with Crippen molar-refractivity contribution in [2.75, 3.05) is 4.90 Å². The number of benzene rings is 11. The molecule has 1 aromatic heterocycles. The summed E-state index contributed by atoms with van der Waals surface area (Å²) in [6.45, 7) is 0. The highest BCUT2D eigenvalue weighted by molar-refractivity contribution is 7.25. The van der Waals surface area contributed by atoms with Gasteiger partial charge in [0.2, 0.25) is 0 Å². The minimum atomic E-state index is 1.08. The highest BCUT2D eigenvalue weighted by Crippen LogP contribution is 2.46. The van der Waals surface area contributed by atoms with Crippen molar-refractivity contribution in [2.24, 2.45) is 0 Å². The van der Waals surface area contributed by atoms with E-state index in [2.05, 4.69) is 266 Å². The van der Waals surface area contributed by atoms with Gasteiger partial charge in [-0.1, -0.05) is 218 Å². The molecular formula is C64H43NS. The molecule has 2 heteroatoms. The molecule has 0 saturated carbocycles. The molecule has 0 unspecified atom stereocenters. The van der Waals surface area contributed by atoms with Crippen LogP contribution in [0.1, 0.15) is 0 Å². The molecule has 11 aromatic carbocycles. The summed E-state index contributed by atoms with van der Waals surface area (Å²) in [4.78, 5) is 2.42. The molecule has 0 radical (unpaired) electrons. The lowest BCUT2D eigenvalue weighted by atomic mass is 9.88. The van der Waals surface area contributed by atoms with Crippen LogP contribution in [0.4, 0.5) is 17.1 Å². The lowest BCUT2D eigenvalue weighted by molar-refractivity contribution is 1.28. The van der Waals surface area contributed by atoms with Gasteiger partial charge in [0.05, 0.1) is 5.69 Å². The minimum absolute atomic E-state index is 1.08. The molecule has 0 spiro atoms. The maximum atomic E-state index is 2.42. The first-order valence-electron chi connectivity index (χ1n) is 22.6. The van der Waals surface area contributed by atoms with Crippen molar-refractivity contribution in [3.8, 4) is 66.8 Å². The third-order valence-electron chi connectivity index (χ3n) is 12.9. The van der Waals surface area contributed by atoms with Crippen molar-refractivity contribution in [3.63, 3.8) is 0 Å². The molecule has 0 aliphatic carbocycles. The number of thiophene rings is 1. The second-order valence-corrected chi connectivity index (χ2v) is 17.9. The number of hydrogen-bond donors (Lipinski definition) is 0.